The van der Waals surface area contributed by atoms with E-state index in [0.717, 1.165) is 25.7 Å². The molecule has 2 heterocycles. The largest absolute Gasteiger partial charge is 0.465 e. The minimum atomic E-state index is -0.587. The van der Waals surface area contributed by atoms with Crippen LogP contribution in [-0.2, 0) is 52.3 Å². The molecule has 0 aromatic rings. The molecular weight excluding hydrogens is 512 g/mol. The Bertz CT molecular complexity index is 792. The van der Waals surface area contributed by atoms with E-state index in [2.05, 4.69) is 0 Å². The predicted molar refractivity (Wildman–Crippen MR) is 134 cm³/mol. The van der Waals surface area contributed by atoms with E-state index in [0.29, 0.717) is 38.9 Å². The fourth-order valence-corrected chi connectivity index (χ4v) is 5.45. The van der Waals surface area contributed by atoms with Gasteiger partial charge in [-0.1, -0.05) is 26.7 Å². The molecule has 8 unspecified atom stereocenters. The summed E-state index contributed by atoms with van der Waals surface area (Å²) in [7, 11) is 0. The van der Waals surface area contributed by atoms with Crippen LogP contribution in [0, 0.1) is 23.7 Å². The van der Waals surface area contributed by atoms with Gasteiger partial charge in [-0.05, 0) is 38.5 Å². The third kappa shape index (κ3) is 8.38. The van der Waals surface area contributed by atoms with Gasteiger partial charge >= 0.3 is 23.9 Å². The van der Waals surface area contributed by atoms with Crippen LogP contribution in [-0.4, -0.2) is 87.9 Å². The third-order valence-corrected chi connectivity index (χ3v) is 7.93. The Morgan fingerprint density at radius 1 is 0.513 bits per heavy atom. The Hall–Kier alpha value is -2.24. The molecule has 0 amide bonds. The van der Waals surface area contributed by atoms with Crippen molar-refractivity contribution in [1.82, 2.24) is 0 Å². The number of epoxide rings is 2. The SMILES string of the molecule is CCCCOC(=O)C1CC2OC2CC1C(=O)OCCOCCOC(=O)C1CC2OC2CC1C(=O)OCCCC. The van der Waals surface area contributed by atoms with Gasteiger partial charge in [-0.15, -0.1) is 0 Å². The lowest BCUT2D eigenvalue weighted by atomic mass is 9.79. The molecule has 8 atom stereocenters. The highest BCUT2D eigenvalue weighted by Crippen LogP contribution is 2.44. The summed E-state index contributed by atoms with van der Waals surface area (Å²) >= 11 is 0. The number of rotatable bonds is 16. The zero-order valence-corrected chi connectivity index (χ0v) is 23.0. The summed E-state index contributed by atoms with van der Waals surface area (Å²) in [6.45, 7) is 5.01. The fraction of sp³-hybridized carbons (Fsp3) is 0.857. The molecule has 0 spiro atoms. The smallest absolute Gasteiger partial charge is 0.309 e. The van der Waals surface area contributed by atoms with Crippen LogP contribution in [0.5, 0.6) is 0 Å². The van der Waals surface area contributed by atoms with Crippen LogP contribution in [0.4, 0.5) is 0 Å². The zero-order valence-electron chi connectivity index (χ0n) is 23.0. The van der Waals surface area contributed by atoms with Crippen molar-refractivity contribution in [3.8, 4) is 0 Å². The van der Waals surface area contributed by atoms with Gasteiger partial charge in [0.05, 0.1) is 74.5 Å². The lowest BCUT2D eigenvalue weighted by Crippen LogP contribution is -2.38. The van der Waals surface area contributed by atoms with Crippen LogP contribution in [0.3, 0.4) is 0 Å². The highest BCUT2D eigenvalue weighted by atomic mass is 16.6. The average Bonchev–Trinajstić information content (AvgIpc) is 3.85. The highest BCUT2D eigenvalue weighted by Gasteiger charge is 2.54. The van der Waals surface area contributed by atoms with Crippen LogP contribution in [0.2, 0.25) is 0 Å². The normalized spacial score (nSPS) is 32.3. The molecule has 0 bridgehead atoms. The molecule has 4 rings (SSSR count). The Labute approximate surface area is 229 Å². The Morgan fingerprint density at radius 3 is 1.13 bits per heavy atom. The summed E-state index contributed by atoms with van der Waals surface area (Å²) < 4.78 is 38.0. The van der Waals surface area contributed by atoms with Crippen molar-refractivity contribution in [3.63, 3.8) is 0 Å². The average molecular weight is 555 g/mol. The molecule has 2 saturated heterocycles. The van der Waals surface area contributed by atoms with Crippen LogP contribution in [0.25, 0.3) is 0 Å². The van der Waals surface area contributed by atoms with E-state index in [9.17, 15) is 19.2 Å². The first-order chi connectivity index (χ1) is 18.9. The van der Waals surface area contributed by atoms with Gasteiger partial charge in [0, 0.05) is 0 Å². The summed E-state index contributed by atoms with van der Waals surface area (Å²) in [4.78, 5) is 50.4. The first kappa shape index (κ1) is 29.7. The molecule has 4 aliphatic rings. The summed E-state index contributed by atoms with van der Waals surface area (Å²) in [5, 5.41) is 0. The number of hydrogen-bond acceptors (Lipinski definition) is 11. The molecule has 2 saturated carbocycles. The number of carbonyl (C=O) groups excluding carboxylic acids is 4. The van der Waals surface area contributed by atoms with Crippen molar-refractivity contribution in [1.29, 1.82) is 0 Å². The van der Waals surface area contributed by atoms with Crippen LogP contribution >= 0.6 is 0 Å². The van der Waals surface area contributed by atoms with Crippen LogP contribution < -0.4 is 0 Å². The number of fused-ring (bicyclic) bond motifs is 2. The van der Waals surface area contributed by atoms with Gasteiger partial charge in [0.1, 0.15) is 13.2 Å². The summed E-state index contributed by atoms with van der Waals surface area (Å²) in [5.74, 6) is -3.92. The monoisotopic (exact) mass is 554 g/mol. The second-order valence-electron chi connectivity index (χ2n) is 10.8. The van der Waals surface area contributed by atoms with Crippen molar-refractivity contribution in [2.75, 3.05) is 39.6 Å². The second-order valence-corrected chi connectivity index (χ2v) is 10.8. The maximum Gasteiger partial charge on any atom is 0.309 e. The Balaban J connectivity index is 1.11. The van der Waals surface area contributed by atoms with Crippen molar-refractivity contribution in [3.05, 3.63) is 0 Å². The molecule has 39 heavy (non-hydrogen) atoms. The molecule has 0 aromatic heterocycles. The van der Waals surface area contributed by atoms with Gasteiger partial charge in [0.15, 0.2) is 0 Å². The maximum absolute atomic E-state index is 12.7. The lowest BCUT2D eigenvalue weighted by molar-refractivity contribution is -0.164. The van der Waals surface area contributed by atoms with Crippen molar-refractivity contribution in [2.24, 2.45) is 23.7 Å². The summed E-state index contributed by atoms with van der Waals surface area (Å²) in [6.07, 6.45) is 5.32. The number of carbonyl (C=O) groups is 4. The van der Waals surface area contributed by atoms with Crippen molar-refractivity contribution < 1.29 is 52.3 Å². The van der Waals surface area contributed by atoms with Gasteiger partial charge in [-0.2, -0.15) is 0 Å². The standard InChI is InChI=1S/C28H42O11/c1-3-5-7-34-25(29)17-13-21-23(38-21)15-19(17)27(31)36-11-9-33-10-12-37-28(32)20-16-24-22(39-24)14-18(20)26(30)35-8-6-4-2/h17-24H,3-16H2,1-2H3. The Kier molecular flexibility index (Phi) is 11.0. The third-order valence-electron chi connectivity index (χ3n) is 7.93. The van der Waals surface area contributed by atoms with Gasteiger partial charge in [-0.25, -0.2) is 0 Å². The minimum absolute atomic E-state index is 0.00694. The van der Waals surface area contributed by atoms with Gasteiger partial charge in [0.2, 0.25) is 0 Å². The summed E-state index contributed by atoms with van der Waals surface area (Å²) in [5.41, 5.74) is 0. The molecule has 0 radical (unpaired) electrons. The minimum Gasteiger partial charge on any atom is -0.465 e. The maximum atomic E-state index is 12.7. The van der Waals surface area contributed by atoms with Gasteiger partial charge < -0.3 is 33.2 Å². The van der Waals surface area contributed by atoms with Crippen molar-refractivity contribution in [2.45, 2.75) is 89.6 Å². The van der Waals surface area contributed by atoms with Crippen LogP contribution in [0.15, 0.2) is 0 Å². The topological polar surface area (TPSA) is 139 Å². The van der Waals surface area contributed by atoms with E-state index in [4.69, 9.17) is 33.2 Å². The van der Waals surface area contributed by atoms with E-state index >= 15 is 0 Å². The van der Waals surface area contributed by atoms with E-state index in [1.54, 1.807) is 0 Å². The fourth-order valence-electron chi connectivity index (χ4n) is 5.45. The first-order valence-corrected chi connectivity index (χ1v) is 14.5. The van der Waals surface area contributed by atoms with E-state index in [1.165, 1.54) is 0 Å². The van der Waals surface area contributed by atoms with Crippen LogP contribution in [0.1, 0.15) is 65.2 Å². The number of hydrogen-bond donors (Lipinski definition) is 0. The lowest BCUT2D eigenvalue weighted by Gasteiger charge is -2.26. The zero-order chi connectivity index (χ0) is 27.8. The molecular formula is C28H42O11. The predicted octanol–water partition coefficient (Wildman–Crippen LogP) is 2.36. The number of unbranched alkanes of at least 4 members (excludes halogenated alkanes) is 2. The number of ether oxygens (including phenoxy) is 7. The molecule has 4 fully saturated rings. The highest BCUT2D eigenvalue weighted by molar-refractivity contribution is 5.83. The van der Waals surface area contributed by atoms with E-state index in [1.807, 2.05) is 13.8 Å². The molecule has 0 aromatic carbocycles. The molecule has 2 aliphatic heterocycles. The van der Waals surface area contributed by atoms with E-state index in [-0.39, 0.29) is 62.8 Å². The van der Waals surface area contributed by atoms with Gasteiger partial charge in [0.25, 0.3) is 0 Å². The van der Waals surface area contributed by atoms with E-state index < -0.39 is 35.6 Å². The van der Waals surface area contributed by atoms with Crippen molar-refractivity contribution >= 4 is 23.9 Å². The Morgan fingerprint density at radius 2 is 0.821 bits per heavy atom. The number of esters is 4. The summed E-state index contributed by atoms with van der Waals surface area (Å²) in [6, 6.07) is 0. The van der Waals surface area contributed by atoms with Gasteiger partial charge in [-0.3, -0.25) is 19.2 Å². The first-order valence-electron chi connectivity index (χ1n) is 14.5. The molecule has 11 nitrogen and oxygen atoms in total. The molecule has 220 valence electrons. The quantitative estimate of drug-likeness (QED) is 0.120. The molecule has 2 aliphatic carbocycles. The second kappa shape index (κ2) is 14.4. The molecule has 0 N–H and O–H groups in total. The molecule has 11 heteroatoms.